The van der Waals surface area contributed by atoms with Crippen LogP contribution in [0.2, 0.25) is 0 Å². The van der Waals surface area contributed by atoms with Gasteiger partial charge in [-0.2, -0.15) is 4.98 Å². The van der Waals surface area contributed by atoms with Crippen molar-refractivity contribution >= 4 is 21.7 Å². The number of nitrogens with zero attached hydrogens (tertiary/aromatic N) is 4. The molecule has 0 amide bonds. The van der Waals surface area contributed by atoms with E-state index in [1.165, 1.54) is 24.2 Å². The van der Waals surface area contributed by atoms with Crippen LogP contribution in [0.3, 0.4) is 0 Å². The molecule has 6 heteroatoms. The molecular weight excluding hydrogens is 282 g/mol. The summed E-state index contributed by atoms with van der Waals surface area (Å²) in [5.74, 6) is 1.05. The Labute approximate surface area is 107 Å². The van der Waals surface area contributed by atoms with Gasteiger partial charge in [-0.3, -0.25) is 4.57 Å². The number of nitrogen functional groups attached to an aromatic ring is 1. The summed E-state index contributed by atoms with van der Waals surface area (Å²) in [6, 6.07) is 1.69. The highest BCUT2D eigenvalue weighted by Crippen LogP contribution is 2.22. The fourth-order valence-corrected chi connectivity index (χ4v) is 2.56. The van der Waals surface area contributed by atoms with Gasteiger partial charge >= 0.3 is 0 Å². The fraction of sp³-hybridized carbons (Fsp3) is 0.364. The third-order valence-electron chi connectivity index (χ3n) is 2.95. The Hall–Kier alpha value is -1.43. The summed E-state index contributed by atoms with van der Waals surface area (Å²) in [6.45, 7) is 0. The lowest BCUT2D eigenvalue weighted by atomic mass is 10.0. The number of anilines is 1. The van der Waals surface area contributed by atoms with Gasteiger partial charge < -0.3 is 5.73 Å². The minimum atomic E-state index is 0.458. The van der Waals surface area contributed by atoms with Crippen LogP contribution >= 0.6 is 15.9 Å². The number of aromatic nitrogens is 4. The summed E-state index contributed by atoms with van der Waals surface area (Å²) in [5, 5.41) is 0. The SMILES string of the molecule is Nc1cc(Br)nc(-n2cnc3c2CCCC3)n1. The monoisotopic (exact) mass is 293 g/mol. The topological polar surface area (TPSA) is 69.6 Å². The molecule has 0 saturated carbocycles. The number of rotatable bonds is 1. The first-order chi connectivity index (χ1) is 8.24. The van der Waals surface area contributed by atoms with Gasteiger partial charge in [-0.05, 0) is 41.6 Å². The van der Waals surface area contributed by atoms with Gasteiger partial charge in [0.1, 0.15) is 16.7 Å². The maximum atomic E-state index is 5.73. The number of hydrogen-bond acceptors (Lipinski definition) is 4. The van der Waals surface area contributed by atoms with Crippen LogP contribution in [-0.4, -0.2) is 19.5 Å². The van der Waals surface area contributed by atoms with Crippen molar-refractivity contribution in [1.29, 1.82) is 0 Å². The van der Waals surface area contributed by atoms with Crippen molar-refractivity contribution < 1.29 is 0 Å². The van der Waals surface area contributed by atoms with Gasteiger partial charge in [0.05, 0.1) is 5.69 Å². The zero-order chi connectivity index (χ0) is 11.8. The van der Waals surface area contributed by atoms with Crippen molar-refractivity contribution in [3.8, 4) is 5.95 Å². The minimum Gasteiger partial charge on any atom is -0.383 e. The molecule has 17 heavy (non-hydrogen) atoms. The van der Waals surface area contributed by atoms with Crippen molar-refractivity contribution in [2.75, 3.05) is 5.73 Å². The molecule has 0 radical (unpaired) electrons. The quantitative estimate of drug-likeness (QED) is 0.815. The molecule has 0 bridgehead atoms. The van der Waals surface area contributed by atoms with Crippen LogP contribution < -0.4 is 5.73 Å². The summed E-state index contributed by atoms with van der Waals surface area (Å²) in [5.41, 5.74) is 8.11. The Morgan fingerprint density at radius 3 is 2.88 bits per heavy atom. The molecule has 0 unspecified atom stereocenters. The first kappa shape index (κ1) is 10.7. The maximum absolute atomic E-state index is 5.73. The summed E-state index contributed by atoms with van der Waals surface area (Å²) in [7, 11) is 0. The van der Waals surface area contributed by atoms with Crippen LogP contribution in [0.4, 0.5) is 5.82 Å². The molecule has 1 aliphatic rings. The third-order valence-corrected chi connectivity index (χ3v) is 3.35. The van der Waals surface area contributed by atoms with E-state index >= 15 is 0 Å². The normalized spacial score (nSPS) is 14.6. The Morgan fingerprint density at radius 1 is 1.24 bits per heavy atom. The smallest absolute Gasteiger partial charge is 0.238 e. The molecular formula is C11H12BrN5. The van der Waals surface area contributed by atoms with Gasteiger partial charge in [0.2, 0.25) is 5.95 Å². The molecule has 2 aromatic rings. The molecule has 5 nitrogen and oxygen atoms in total. The Balaban J connectivity index is 2.11. The zero-order valence-corrected chi connectivity index (χ0v) is 10.8. The lowest BCUT2D eigenvalue weighted by Crippen LogP contribution is -2.10. The number of imidazole rings is 1. The maximum Gasteiger partial charge on any atom is 0.238 e. The predicted molar refractivity (Wildman–Crippen MR) is 67.9 cm³/mol. The summed E-state index contributed by atoms with van der Waals surface area (Å²) in [6.07, 6.45) is 6.28. The molecule has 1 aliphatic carbocycles. The van der Waals surface area contributed by atoms with E-state index in [0.717, 1.165) is 12.8 Å². The van der Waals surface area contributed by atoms with E-state index in [2.05, 4.69) is 30.9 Å². The highest BCUT2D eigenvalue weighted by Gasteiger charge is 2.17. The van der Waals surface area contributed by atoms with E-state index in [1.807, 2.05) is 4.57 Å². The minimum absolute atomic E-state index is 0.458. The molecule has 2 aromatic heterocycles. The van der Waals surface area contributed by atoms with Gasteiger partial charge in [0.15, 0.2) is 0 Å². The van der Waals surface area contributed by atoms with E-state index in [9.17, 15) is 0 Å². The van der Waals surface area contributed by atoms with Crippen LogP contribution in [0.1, 0.15) is 24.2 Å². The molecule has 0 atom stereocenters. The van der Waals surface area contributed by atoms with Crippen molar-refractivity contribution in [1.82, 2.24) is 19.5 Å². The zero-order valence-electron chi connectivity index (χ0n) is 9.23. The second-order valence-electron chi connectivity index (χ2n) is 4.13. The molecule has 0 spiro atoms. The summed E-state index contributed by atoms with van der Waals surface area (Å²) < 4.78 is 2.63. The van der Waals surface area contributed by atoms with E-state index < -0.39 is 0 Å². The Bertz CT molecular complexity index is 543. The summed E-state index contributed by atoms with van der Waals surface area (Å²) >= 11 is 3.33. The van der Waals surface area contributed by atoms with E-state index in [-0.39, 0.29) is 0 Å². The largest absolute Gasteiger partial charge is 0.383 e. The molecule has 0 fully saturated rings. The Morgan fingerprint density at radius 2 is 2.06 bits per heavy atom. The molecule has 3 rings (SSSR count). The van der Waals surface area contributed by atoms with E-state index in [4.69, 9.17) is 5.73 Å². The molecule has 2 N–H and O–H groups in total. The van der Waals surface area contributed by atoms with Crippen LogP contribution in [0.5, 0.6) is 0 Å². The van der Waals surface area contributed by atoms with Crippen molar-refractivity contribution in [2.24, 2.45) is 0 Å². The van der Waals surface area contributed by atoms with Crippen LogP contribution in [-0.2, 0) is 12.8 Å². The highest BCUT2D eigenvalue weighted by molar-refractivity contribution is 9.10. The van der Waals surface area contributed by atoms with Crippen molar-refractivity contribution in [3.05, 3.63) is 28.4 Å². The number of fused-ring (bicyclic) bond motifs is 1. The first-order valence-corrected chi connectivity index (χ1v) is 6.39. The van der Waals surface area contributed by atoms with Crippen LogP contribution in [0.25, 0.3) is 5.95 Å². The highest BCUT2D eigenvalue weighted by atomic mass is 79.9. The van der Waals surface area contributed by atoms with Crippen molar-refractivity contribution in [2.45, 2.75) is 25.7 Å². The molecule has 0 saturated heterocycles. The lowest BCUT2D eigenvalue weighted by molar-refractivity contribution is 0.651. The van der Waals surface area contributed by atoms with E-state index in [0.29, 0.717) is 16.4 Å². The van der Waals surface area contributed by atoms with Crippen LogP contribution in [0, 0.1) is 0 Å². The predicted octanol–water partition coefficient (Wildman–Crippen LogP) is 1.89. The Kier molecular flexibility index (Phi) is 2.58. The fourth-order valence-electron chi connectivity index (χ4n) is 2.17. The molecule has 2 heterocycles. The van der Waals surface area contributed by atoms with E-state index in [1.54, 1.807) is 12.4 Å². The summed E-state index contributed by atoms with van der Waals surface area (Å²) in [4.78, 5) is 13.0. The van der Waals surface area contributed by atoms with Gasteiger partial charge in [0.25, 0.3) is 0 Å². The number of halogens is 1. The molecule has 0 aliphatic heterocycles. The van der Waals surface area contributed by atoms with Gasteiger partial charge in [-0.15, -0.1) is 0 Å². The average Bonchev–Trinajstić information content (AvgIpc) is 2.71. The average molecular weight is 294 g/mol. The van der Waals surface area contributed by atoms with Crippen molar-refractivity contribution in [3.63, 3.8) is 0 Å². The number of nitrogens with two attached hydrogens (primary N) is 1. The first-order valence-electron chi connectivity index (χ1n) is 5.59. The standard InChI is InChI=1S/C11H12BrN5/c12-9-5-10(13)16-11(15-9)17-6-14-7-3-1-2-4-8(7)17/h5-6H,1-4H2,(H2,13,15,16). The number of hydrogen-bond donors (Lipinski definition) is 1. The second-order valence-corrected chi connectivity index (χ2v) is 4.94. The lowest BCUT2D eigenvalue weighted by Gasteiger charge is -2.13. The van der Waals surface area contributed by atoms with Gasteiger partial charge in [-0.25, -0.2) is 9.97 Å². The molecule has 88 valence electrons. The third kappa shape index (κ3) is 1.93. The second kappa shape index (κ2) is 4.10. The van der Waals surface area contributed by atoms with Gasteiger partial charge in [-0.1, -0.05) is 0 Å². The van der Waals surface area contributed by atoms with Crippen LogP contribution in [0.15, 0.2) is 17.0 Å². The molecule has 0 aromatic carbocycles. The van der Waals surface area contributed by atoms with Gasteiger partial charge in [0, 0.05) is 11.8 Å². The number of aryl methyl sites for hydroxylation is 1.